The zero-order valence-corrected chi connectivity index (χ0v) is 8.84. The molecular formula is C11H9ClO3. The molecule has 0 unspecified atom stereocenters. The molecule has 1 N–H and O–H groups in total. The summed E-state index contributed by atoms with van der Waals surface area (Å²) in [6.45, 7) is 1.97. The number of aromatic hydroxyl groups is 1. The van der Waals surface area contributed by atoms with E-state index in [0.29, 0.717) is 10.6 Å². The van der Waals surface area contributed by atoms with E-state index in [2.05, 4.69) is 16.6 Å². The maximum Gasteiger partial charge on any atom is 0.384 e. The van der Waals surface area contributed by atoms with Crippen molar-refractivity contribution in [2.75, 3.05) is 6.61 Å². The molecule has 15 heavy (non-hydrogen) atoms. The van der Waals surface area contributed by atoms with Crippen LogP contribution in [0, 0.1) is 11.8 Å². The molecule has 1 aromatic rings. The van der Waals surface area contributed by atoms with Crippen molar-refractivity contribution in [3.05, 3.63) is 28.8 Å². The smallest absolute Gasteiger partial charge is 0.384 e. The van der Waals surface area contributed by atoms with Crippen molar-refractivity contribution in [3.63, 3.8) is 0 Å². The topological polar surface area (TPSA) is 46.5 Å². The zero-order chi connectivity index (χ0) is 11.3. The van der Waals surface area contributed by atoms with Gasteiger partial charge >= 0.3 is 5.97 Å². The highest BCUT2D eigenvalue weighted by Gasteiger charge is 1.99. The van der Waals surface area contributed by atoms with Gasteiger partial charge in [-0.2, -0.15) is 0 Å². The van der Waals surface area contributed by atoms with Crippen molar-refractivity contribution < 1.29 is 14.6 Å². The third-order valence-electron chi connectivity index (χ3n) is 1.52. The van der Waals surface area contributed by atoms with E-state index in [4.69, 9.17) is 16.7 Å². The number of rotatable bonds is 1. The Morgan fingerprint density at radius 1 is 1.60 bits per heavy atom. The number of esters is 1. The number of phenolic OH excluding ortho intramolecular Hbond substituents is 1. The fourth-order valence-electron chi connectivity index (χ4n) is 0.895. The van der Waals surface area contributed by atoms with E-state index in [1.807, 2.05) is 0 Å². The summed E-state index contributed by atoms with van der Waals surface area (Å²) >= 11 is 5.79. The number of hydrogen-bond donors (Lipinski definition) is 1. The Bertz CT molecular complexity index is 429. The first-order valence-electron chi connectivity index (χ1n) is 4.30. The average Bonchev–Trinajstić information content (AvgIpc) is 2.20. The fourth-order valence-corrected chi connectivity index (χ4v) is 1.06. The predicted octanol–water partition coefficient (Wildman–Crippen LogP) is 1.96. The molecule has 4 heteroatoms. The molecule has 0 saturated carbocycles. The first-order valence-corrected chi connectivity index (χ1v) is 4.68. The van der Waals surface area contributed by atoms with E-state index in [0.717, 1.165) is 0 Å². The minimum absolute atomic E-state index is 0.0487. The van der Waals surface area contributed by atoms with Gasteiger partial charge in [-0.25, -0.2) is 4.79 Å². The van der Waals surface area contributed by atoms with Gasteiger partial charge in [-0.05, 0) is 25.1 Å². The van der Waals surface area contributed by atoms with Crippen LogP contribution in [0.4, 0.5) is 0 Å². The number of benzene rings is 1. The van der Waals surface area contributed by atoms with E-state index >= 15 is 0 Å². The van der Waals surface area contributed by atoms with Gasteiger partial charge in [0.25, 0.3) is 0 Å². The van der Waals surface area contributed by atoms with Crippen LogP contribution in [0.2, 0.25) is 5.02 Å². The van der Waals surface area contributed by atoms with E-state index in [-0.39, 0.29) is 12.4 Å². The maximum atomic E-state index is 10.9. The molecule has 3 nitrogen and oxygen atoms in total. The van der Waals surface area contributed by atoms with Gasteiger partial charge in [-0.15, -0.1) is 0 Å². The molecule has 78 valence electrons. The molecule has 0 aliphatic carbocycles. The molecule has 1 rings (SSSR count). The molecule has 0 aliphatic rings. The zero-order valence-electron chi connectivity index (χ0n) is 8.08. The van der Waals surface area contributed by atoms with E-state index in [1.54, 1.807) is 6.92 Å². The van der Waals surface area contributed by atoms with Gasteiger partial charge < -0.3 is 9.84 Å². The molecule has 0 spiro atoms. The average molecular weight is 225 g/mol. The molecule has 1 aromatic carbocycles. The molecular weight excluding hydrogens is 216 g/mol. The van der Waals surface area contributed by atoms with Gasteiger partial charge in [0.1, 0.15) is 5.75 Å². The van der Waals surface area contributed by atoms with Crippen LogP contribution >= 0.6 is 11.6 Å². The SMILES string of the molecule is CCOC(=O)C#Cc1cc(O)ccc1Cl. The summed E-state index contributed by atoms with van der Waals surface area (Å²) in [7, 11) is 0. The van der Waals surface area contributed by atoms with Gasteiger partial charge in [0.05, 0.1) is 11.6 Å². The summed E-state index contributed by atoms with van der Waals surface area (Å²) < 4.78 is 4.62. The van der Waals surface area contributed by atoms with Crippen LogP contribution in [0.25, 0.3) is 0 Å². The van der Waals surface area contributed by atoms with Crippen LogP contribution in [0.5, 0.6) is 5.75 Å². The summed E-state index contributed by atoms with van der Waals surface area (Å²) in [5.41, 5.74) is 0.393. The number of phenols is 1. The van der Waals surface area contributed by atoms with Crippen LogP contribution < -0.4 is 0 Å². The van der Waals surface area contributed by atoms with Crippen LogP contribution in [-0.4, -0.2) is 17.7 Å². The van der Waals surface area contributed by atoms with Gasteiger partial charge in [-0.1, -0.05) is 17.5 Å². The van der Waals surface area contributed by atoms with Crippen LogP contribution in [0.1, 0.15) is 12.5 Å². The standard InChI is InChI=1S/C11H9ClO3/c1-2-15-11(14)6-3-8-7-9(13)4-5-10(8)12/h4-5,7,13H,2H2,1H3. The molecule has 0 bridgehead atoms. The highest BCUT2D eigenvalue weighted by Crippen LogP contribution is 2.19. The first-order chi connectivity index (χ1) is 7.13. The van der Waals surface area contributed by atoms with Gasteiger partial charge in [0.2, 0.25) is 0 Å². The normalized spacial score (nSPS) is 8.93. The highest BCUT2D eigenvalue weighted by atomic mass is 35.5. The Labute approximate surface area is 92.6 Å². The van der Waals surface area contributed by atoms with E-state index in [9.17, 15) is 4.79 Å². The minimum Gasteiger partial charge on any atom is -0.508 e. The second-order valence-electron chi connectivity index (χ2n) is 2.63. The Kier molecular flexibility index (Phi) is 4.02. The minimum atomic E-state index is -0.614. The molecule has 0 saturated heterocycles. The largest absolute Gasteiger partial charge is 0.508 e. The predicted molar refractivity (Wildman–Crippen MR) is 56.6 cm³/mol. The monoisotopic (exact) mass is 224 g/mol. The Hall–Kier alpha value is -1.66. The summed E-state index contributed by atoms with van der Waals surface area (Å²) in [6.07, 6.45) is 0. The van der Waals surface area contributed by atoms with Crippen molar-refractivity contribution in [3.8, 4) is 17.6 Å². The summed E-state index contributed by atoms with van der Waals surface area (Å²) in [4.78, 5) is 10.9. The number of carbonyl (C=O) groups excluding carboxylic acids is 1. The highest BCUT2D eigenvalue weighted by molar-refractivity contribution is 6.31. The molecule has 0 amide bonds. The molecule has 0 radical (unpaired) electrons. The number of hydrogen-bond acceptors (Lipinski definition) is 3. The van der Waals surface area contributed by atoms with Gasteiger partial charge in [0.15, 0.2) is 0 Å². The third kappa shape index (κ3) is 3.53. The Balaban J connectivity index is 2.88. The van der Waals surface area contributed by atoms with Crippen molar-refractivity contribution in [1.29, 1.82) is 0 Å². The van der Waals surface area contributed by atoms with E-state index in [1.165, 1.54) is 18.2 Å². The second kappa shape index (κ2) is 5.28. The van der Waals surface area contributed by atoms with Gasteiger partial charge in [0, 0.05) is 11.5 Å². The molecule has 0 fully saturated rings. The number of halogens is 1. The molecule has 0 heterocycles. The quantitative estimate of drug-likeness (QED) is 0.586. The summed E-state index contributed by atoms with van der Waals surface area (Å²) in [5.74, 6) is 4.22. The van der Waals surface area contributed by atoms with E-state index < -0.39 is 5.97 Å². The van der Waals surface area contributed by atoms with Crippen LogP contribution in [0.3, 0.4) is 0 Å². The Morgan fingerprint density at radius 2 is 2.33 bits per heavy atom. The number of ether oxygens (including phenoxy) is 1. The summed E-state index contributed by atoms with van der Waals surface area (Å²) in [5, 5.41) is 9.54. The van der Waals surface area contributed by atoms with Crippen LogP contribution in [0.15, 0.2) is 18.2 Å². The second-order valence-corrected chi connectivity index (χ2v) is 3.04. The lowest BCUT2D eigenvalue weighted by molar-refractivity contribution is -0.136. The van der Waals surface area contributed by atoms with Crippen LogP contribution in [-0.2, 0) is 9.53 Å². The lowest BCUT2D eigenvalue weighted by atomic mass is 10.2. The lowest BCUT2D eigenvalue weighted by Crippen LogP contribution is -1.99. The van der Waals surface area contributed by atoms with Crippen molar-refractivity contribution in [1.82, 2.24) is 0 Å². The number of carbonyl (C=O) groups is 1. The first kappa shape index (κ1) is 11.4. The van der Waals surface area contributed by atoms with Gasteiger partial charge in [-0.3, -0.25) is 0 Å². The summed E-state index contributed by atoms with van der Waals surface area (Å²) in [6, 6.07) is 4.33. The lowest BCUT2D eigenvalue weighted by Gasteiger charge is -1.96. The fraction of sp³-hybridized carbons (Fsp3) is 0.182. The Morgan fingerprint density at radius 3 is 3.00 bits per heavy atom. The maximum absolute atomic E-state index is 10.9. The third-order valence-corrected chi connectivity index (χ3v) is 1.85. The molecule has 0 aliphatic heterocycles. The molecule has 0 aromatic heterocycles. The van der Waals surface area contributed by atoms with Crippen molar-refractivity contribution in [2.45, 2.75) is 6.92 Å². The van der Waals surface area contributed by atoms with Crippen molar-refractivity contribution in [2.24, 2.45) is 0 Å². The molecule has 0 atom stereocenters. The van der Waals surface area contributed by atoms with Crippen molar-refractivity contribution >= 4 is 17.6 Å².